The van der Waals surface area contributed by atoms with Gasteiger partial charge in [-0.1, -0.05) is 72.8 Å². The van der Waals surface area contributed by atoms with Crippen LogP contribution >= 0.6 is 0 Å². The monoisotopic (exact) mass is 748 g/mol. The topological polar surface area (TPSA) is 112 Å². The number of allylic oxidation sites excluding steroid dienone is 2. The van der Waals surface area contributed by atoms with Gasteiger partial charge in [0.05, 0.1) is 18.3 Å². The van der Waals surface area contributed by atoms with Crippen LogP contribution in [-0.4, -0.2) is 75.8 Å². The highest BCUT2D eigenvalue weighted by Gasteiger charge is 2.40. The van der Waals surface area contributed by atoms with Crippen molar-refractivity contribution in [3.63, 3.8) is 0 Å². The number of ether oxygens (including phenoxy) is 2. The standard InChI is InChI=1S/C47H60N2O6/c1-34-16-17-36(32-49-25-23-37(33-49)28-38-12-9-13-39-31-48-24-22-41(38)39)29-46(34)54-26-27-55-47(53)15-8-3-2-7-14-42-43(45(52)30-44(42)51)21-20-40(50)19-18-35-10-5-4-6-11-35/h2,4-7,9-13,16-17,22,24,29,31,37,40,42-45,50-52H,3,8,14-15,18-21,23,25-28,30,32-33H2,1H3/b7-2-/t37-,40-,42+,43+,44-,45+/m0/s1. The first-order chi connectivity index (χ1) is 26.8. The zero-order valence-corrected chi connectivity index (χ0v) is 32.5. The van der Waals surface area contributed by atoms with Gasteiger partial charge in [0.1, 0.15) is 19.0 Å². The summed E-state index contributed by atoms with van der Waals surface area (Å²) in [6.07, 6.45) is 14.3. The summed E-state index contributed by atoms with van der Waals surface area (Å²) in [5.41, 5.74) is 4.91. The molecule has 0 unspecified atom stereocenters. The van der Waals surface area contributed by atoms with Crippen LogP contribution in [0.2, 0.25) is 0 Å². The molecular formula is C47H60N2O6. The van der Waals surface area contributed by atoms with Gasteiger partial charge in [-0.3, -0.25) is 14.7 Å². The van der Waals surface area contributed by atoms with Crippen LogP contribution in [0.15, 0.2) is 97.3 Å². The van der Waals surface area contributed by atoms with Crippen molar-refractivity contribution in [2.24, 2.45) is 17.8 Å². The highest BCUT2D eigenvalue weighted by atomic mass is 16.6. The summed E-state index contributed by atoms with van der Waals surface area (Å²) in [4.78, 5) is 19.2. The van der Waals surface area contributed by atoms with Gasteiger partial charge in [0.15, 0.2) is 0 Å². The lowest BCUT2D eigenvalue weighted by Crippen LogP contribution is -2.23. The number of benzene rings is 3. The number of hydrogen-bond acceptors (Lipinski definition) is 8. The molecule has 1 aliphatic heterocycles. The molecule has 0 radical (unpaired) electrons. The van der Waals surface area contributed by atoms with Crippen LogP contribution in [-0.2, 0) is 28.9 Å². The Kier molecular flexibility index (Phi) is 15.3. The molecule has 4 aromatic rings. The van der Waals surface area contributed by atoms with E-state index in [-0.39, 0.29) is 24.4 Å². The Morgan fingerprint density at radius 2 is 1.82 bits per heavy atom. The number of likely N-dealkylation sites (tertiary alicyclic amines) is 1. The molecule has 0 amide bonds. The third kappa shape index (κ3) is 12.2. The maximum Gasteiger partial charge on any atom is 0.305 e. The quantitative estimate of drug-likeness (QED) is 0.0478. The summed E-state index contributed by atoms with van der Waals surface area (Å²) in [5, 5.41) is 34.3. The zero-order valence-electron chi connectivity index (χ0n) is 32.5. The van der Waals surface area contributed by atoms with Gasteiger partial charge in [-0.15, -0.1) is 0 Å². The minimum absolute atomic E-state index is 0.0287. The number of carbonyl (C=O) groups excluding carboxylic acids is 1. The molecule has 3 aromatic carbocycles. The van der Waals surface area contributed by atoms with Crippen LogP contribution in [0.1, 0.15) is 80.0 Å². The van der Waals surface area contributed by atoms with E-state index < -0.39 is 18.3 Å². The fourth-order valence-corrected chi connectivity index (χ4v) is 8.59. The third-order valence-corrected chi connectivity index (χ3v) is 11.7. The average Bonchev–Trinajstić information content (AvgIpc) is 3.75. The van der Waals surface area contributed by atoms with Crippen LogP contribution in [0.4, 0.5) is 0 Å². The van der Waals surface area contributed by atoms with Crippen LogP contribution in [0.5, 0.6) is 5.75 Å². The van der Waals surface area contributed by atoms with Gasteiger partial charge in [0, 0.05) is 37.3 Å². The van der Waals surface area contributed by atoms with E-state index in [0.29, 0.717) is 57.5 Å². The lowest BCUT2D eigenvalue weighted by Gasteiger charge is -2.23. The Hall–Kier alpha value is -4.08. The first-order valence-electron chi connectivity index (χ1n) is 20.5. The molecule has 1 aromatic heterocycles. The largest absolute Gasteiger partial charge is 0.490 e. The highest BCUT2D eigenvalue weighted by molar-refractivity contribution is 5.84. The lowest BCUT2D eigenvalue weighted by molar-refractivity contribution is -0.144. The number of esters is 1. The second-order valence-electron chi connectivity index (χ2n) is 15.8. The number of nitrogens with zero attached hydrogens (tertiary/aromatic N) is 2. The number of pyridine rings is 1. The lowest BCUT2D eigenvalue weighted by atomic mass is 9.85. The molecule has 1 saturated carbocycles. The summed E-state index contributed by atoms with van der Waals surface area (Å²) in [5.74, 6) is 1.18. The molecule has 294 valence electrons. The van der Waals surface area contributed by atoms with E-state index in [9.17, 15) is 20.1 Å². The van der Waals surface area contributed by atoms with E-state index in [2.05, 4.69) is 76.6 Å². The van der Waals surface area contributed by atoms with Crippen molar-refractivity contribution in [1.29, 1.82) is 0 Å². The van der Waals surface area contributed by atoms with E-state index in [4.69, 9.17) is 9.47 Å². The van der Waals surface area contributed by atoms with E-state index in [0.717, 1.165) is 50.2 Å². The van der Waals surface area contributed by atoms with Crippen molar-refractivity contribution in [2.45, 2.75) is 102 Å². The Labute approximate surface area is 327 Å². The summed E-state index contributed by atoms with van der Waals surface area (Å²) in [6, 6.07) is 25.2. The Morgan fingerprint density at radius 1 is 0.964 bits per heavy atom. The number of aromatic nitrogens is 1. The van der Waals surface area contributed by atoms with E-state index in [1.54, 1.807) is 0 Å². The third-order valence-electron chi connectivity index (χ3n) is 11.7. The van der Waals surface area contributed by atoms with Crippen LogP contribution in [0, 0.1) is 24.7 Å². The summed E-state index contributed by atoms with van der Waals surface area (Å²) in [7, 11) is 0. The maximum absolute atomic E-state index is 12.4. The minimum Gasteiger partial charge on any atom is -0.490 e. The molecule has 2 aliphatic rings. The second-order valence-corrected chi connectivity index (χ2v) is 15.8. The normalized spacial score (nSPS) is 22.1. The van der Waals surface area contributed by atoms with Crippen molar-refractivity contribution < 1.29 is 29.6 Å². The van der Waals surface area contributed by atoms with Gasteiger partial charge < -0.3 is 24.8 Å². The fraction of sp³-hybridized carbons (Fsp3) is 0.489. The Bertz CT molecular complexity index is 1810. The van der Waals surface area contributed by atoms with E-state index >= 15 is 0 Å². The molecule has 0 spiro atoms. The number of aryl methyl sites for hydroxylation is 2. The number of fused-ring (bicyclic) bond motifs is 1. The van der Waals surface area contributed by atoms with Crippen LogP contribution < -0.4 is 4.74 Å². The van der Waals surface area contributed by atoms with E-state index in [1.165, 1.54) is 33.9 Å². The predicted molar refractivity (Wildman–Crippen MR) is 218 cm³/mol. The van der Waals surface area contributed by atoms with Gasteiger partial charge in [-0.25, -0.2) is 0 Å². The van der Waals surface area contributed by atoms with Gasteiger partial charge in [0.25, 0.3) is 0 Å². The summed E-state index contributed by atoms with van der Waals surface area (Å²) in [6.45, 7) is 5.61. The number of carbonyl (C=O) groups is 1. The van der Waals surface area contributed by atoms with Crippen molar-refractivity contribution in [3.8, 4) is 5.75 Å². The number of hydrogen-bond donors (Lipinski definition) is 3. The summed E-state index contributed by atoms with van der Waals surface area (Å²) >= 11 is 0. The average molecular weight is 749 g/mol. The van der Waals surface area contributed by atoms with Gasteiger partial charge in [-0.2, -0.15) is 0 Å². The second kappa shape index (κ2) is 20.7. The molecule has 8 heteroatoms. The molecule has 6 rings (SSSR count). The summed E-state index contributed by atoms with van der Waals surface area (Å²) < 4.78 is 11.5. The van der Waals surface area contributed by atoms with Crippen molar-refractivity contribution in [1.82, 2.24) is 9.88 Å². The number of aliphatic hydroxyl groups is 3. The van der Waals surface area contributed by atoms with Gasteiger partial charge >= 0.3 is 5.97 Å². The number of aliphatic hydroxyl groups excluding tert-OH is 3. The SMILES string of the molecule is Cc1ccc(CN2CC[C@@H](Cc3cccc4cnccc34)C2)cc1OCCOC(=O)CCC/C=C\C[C@@H]1[C@@H](CC[C@@H](O)CCc2ccccc2)[C@H](O)C[C@@H]1O. The first-order valence-corrected chi connectivity index (χ1v) is 20.5. The molecule has 55 heavy (non-hydrogen) atoms. The smallest absolute Gasteiger partial charge is 0.305 e. The molecule has 3 N–H and O–H groups in total. The fourth-order valence-electron chi connectivity index (χ4n) is 8.59. The first kappa shape index (κ1) is 40.6. The van der Waals surface area contributed by atoms with Crippen molar-refractivity contribution >= 4 is 16.7 Å². The van der Waals surface area contributed by atoms with Crippen LogP contribution in [0.3, 0.4) is 0 Å². The highest BCUT2D eigenvalue weighted by Crippen LogP contribution is 2.38. The zero-order chi connectivity index (χ0) is 38.4. The molecule has 8 nitrogen and oxygen atoms in total. The molecular weight excluding hydrogens is 689 g/mol. The number of unbranched alkanes of at least 4 members (excludes halogenated alkanes) is 1. The molecule has 1 saturated heterocycles. The Morgan fingerprint density at radius 3 is 2.69 bits per heavy atom. The van der Waals surface area contributed by atoms with E-state index in [1.807, 2.05) is 37.5 Å². The molecule has 0 bridgehead atoms. The molecule has 2 fully saturated rings. The molecule has 6 atom stereocenters. The van der Waals surface area contributed by atoms with Gasteiger partial charge in [0.2, 0.25) is 0 Å². The van der Waals surface area contributed by atoms with Crippen LogP contribution in [0.25, 0.3) is 10.8 Å². The molecule has 2 heterocycles. The minimum atomic E-state index is -0.546. The molecule has 1 aliphatic carbocycles. The predicted octanol–water partition coefficient (Wildman–Crippen LogP) is 7.78. The van der Waals surface area contributed by atoms with Crippen molar-refractivity contribution in [3.05, 3.63) is 120 Å². The number of rotatable bonds is 20. The maximum atomic E-state index is 12.4. The Balaban J connectivity index is 0.838. The van der Waals surface area contributed by atoms with Crippen molar-refractivity contribution in [2.75, 3.05) is 26.3 Å². The van der Waals surface area contributed by atoms with Gasteiger partial charge in [-0.05, 0) is 135 Å².